The van der Waals surface area contributed by atoms with Crippen LogP contribution in [0.4, 0.5) is 13.6 Å². The lowest BCUT2D eigenvalue weighted by Gasteiger charge is -2.41. The van der Waals surface area contributed by atoms with Gasteiger partial charge in [0.1, 0.15) is 23.4 Å². The summed E-state index contributed by atoms with van der Waals surface area (Å²) in [5.41, 5.74) is 1.66. The van der Waals surface area contributed by atoms with Crippen molar-refractivity contribution >= 4 is 31.0 Å². The van der Waals surface area contributed by atoms with Crippen molar-refractivity contribution in [3.63, 3.8) is 0 Å². The van der Waals surface area contributed by atoms with Crippen LogP contribution >= 0.6 is 0 Å². The largest absolute Gasteiger partial charge is 0.494 e. The molecule has 2 amide bonds. The van der Waals surface area contributed by atoms with Gasteiger partial charge in [-0.1, -0.05) is 25.7 Å². The molecule has 4 rings (SSSR count). The molecule has 11 heteroatoms. The number of carbonyl (C=O) groups excluding carboxylic acids is 2. The van der Waals surface area contributed by atoms with Gasteiger partial charge >= 0.3 is 12.0 Å². The summed E-state index contributed by atoms with van der Waals surface area (Å²) in [7, 11) is -2.29. The number of ketones is 1. The predicted molar refractivity (Wildman–Crippen MR) is 143 cm³/mol. The number of fused-ring (bicyclic) bond motifs is 1. The first-order valence-electron chi connectivity index (χ1n) is 13.1. The van der Waals surface area contributed by atoms with Crippen molar-refractivity contribution in [2.45, 2.75) is 51.6 Å². The highest BCUT2D eigenvalue weighted by molar-refractivity contribution is 6.88. The number of aliphatic carboxylic acids is 1. The van der Waals surface area contributed by atoms with Crippen LogP contribution in [-0.4, -0.2) is 79.7 Å². The number of amides is 2. The van der Waals surface area contributed by atoms with Gasteiger partial charge in [-0.3, -0.25) is 4.79 Å². The first kappa shape index (κ1) is 28.7. The Morgan fingerprint density at radius 1 is 1.10 bits per heavy atom. The summed E-state index contributed by atoms with van der Waals surface area (Å²) in [6, 6.07) is 6.26. The van der Waals surface area contributed by atoms with E-state index in [1.54, 1.807) is 12.1 Å². The average Bonchev–Trinajstić information content (AvgIpc) is 2.86. The normalized spacial score (nSPS) is 19.4. The van der Waals surface area contributed by atoms with Gasteiger partial charge in [0.25, 0.3) is 0 Å². The molecule has 2 aromatic rings. The molecule has 2 aliphatic rings. The lowest BCUT2D eigenvalue weighted by molar-refractivity contribution is -0.155. The maximum Gasteiger partial charge on any atom is 0.334 e. The molecule has 0 bridgehead atoms. The number of hydrogen-bond donors (Lipinski definition) is 1. The molecule has 2 aliphatic heterocycles. The van der Waals surface area contributed by atoms with Crippen LogP contribution in [0.5, 0.6) is 5.75 Å². The van der Waals surface area contributed by atoms with Crippen molar-refractivity contribution in [3.05, 3.63) is 58.7 Å². The van der Waals surface area contributed by atoms with Crippen LogP contribution in [0, 0.1) is 11.6 Å². The molecule has 0 aliphatic carbocycles. The van der Waals surface area contributed by atoms with Crippen molar-refractivity contribution < 1.29 is 37.7 Å². The maximum atomic E-state index is 14.9. The lowest BCUT2D eigenvalue weighted by atomic mass is 9.88. The van der Waals surface area contributed by atoms with Crippen molar-refractivity contribution in [2.24, 2.45) is 0 Å². The molecule has 2 aromatic carbocycles. The molecule has 1 saturated heterocycles. The van der Waals surface area contributed by atoms with E-state index in [9.17, 15) is 28.3 Å². The van der Waals surface area contributed by atoms with Gasteiger partial charge in [-0.25, -0.2) is 18.4 Å². The van der Waals surface area contributed by atoms with Gasteiger partial charge < -0.3 is 24.4 Å². The third-order valence-corrected chi connectivity index (χ3v) is 9.02. The fourth-order valence-electron chi connectivity index (χ4n) is 5.31. The molecule has 0 saturated carbocycles. The van der Waals surface area contributed by atoms with Crippen molar-refractivity contribution in [1.82, 2.24) is 9.80 Å². The second-order valence-corrected chi connectivity index (χ2v) is 15.9. The summed E-state index contributed by atoms with van der Waals surface area (Å²) in [6.45, 7) is 8.19. The number of rotatable bonds is 7. The van der Waals surface area contributed by atoms with Crippen LogP contribution in [0.15, 0.2) is 30.3 Å². The quantitative estimate of drug-likeness (QED) is 0.521. The highest BCUT2D eigenvalue weighted by Gasteiger charge is 2.40. The summed E-state index contributed by atoms with van der Waals surface area (Å²) in [4.78, 5) is 41.7. The molecule has 0 radical (unpaired) electrons. The smallest absolute Gasteiger partial charge is 0.334 e. The van der Waals surface area contributed by atoms with Crippen LogP contribution in [0.3, 0.4) is 0 Å². The van der Waals surface area contributed by atoms with Gasteiger partial charge in [0, 0.05) is 24.7 Å². The summed E-state index contributed by atoms with van der Waals surface area (Å²) >= 11 is 0. The highest BCUT2D eigenvalue weighted by atomic mass is 28.3. The second kappa shape index (κ2) is 11.4. The number of morpholine rings is 1. The molecule has 0 spiro atoms. The standard InChI is InChI=1S/C28H34F2N2O6Si/c1-5-37-19-6-7-20-18(15-19)8-9-32(28(36)31-10-11-38-24(16-31)27(34)35)25(20)23(33)14-17-12-21(29)26(22(30)13-17)39(2,3)4/h6-7,12-13,15,24-25H,5,8-11,14,16H2,1-4H3,(H,34,35). The van der Waals surface area contributed by atoms with E-state index in [4.69, 9.17) is 9.47 Å². The van der Waals surface area contributed by atoms with Crippen LogP contribution in [0.25, 0.3) is 0 Å². The van der Waals surface area contributed by atoms with Gasteiger partial charge in [-0.2, -0.15) is 0 Å². The molecule has 210 valence electrons. The molecule has 8 nitrogen and oxygen atoms in total. The Bertz CT molecular complexity index is 1260. The Labute approximate surface area is 227 Å². The third-order valence-electron chi connectivity index (χ3n) is 7.05. The number of urea groups is 1. The molecular weight excluding hydrogens is 526 g/mol. The first-order chi connectivity index (χ1) is 18.4. The number of carboxylic acid groups (broad SMARTS) is 1. The molecule has 1 fully saturated rings. The number of hydrogen-bond acceptors (Lipinski definition) is 5. The van der Waals surface area contributed by atoms with E-state index in [-0.39, 0.29) is 43.4 Å². The van der Waals surface area contributed by atoms with Crippen molar-refractivity contribution in [3.8, 4) is 5.75 Å². The number of ether oxygens (including phenoxy) is 2. The maximum absolute atomic E-state index is 14.9. The van der Waals surface area contributed by atoms with Crippen LogP contribution in [0.1, 0.15) is 29.7 Å². The number of benzene rings is 2. The highest BCUT2D eigenvalue weighted by Crippen LogP contribution is 2.35. The van der Waals surface area contributed by atoms with Gasteiger partial charge in [-0.05, 0) is 54.3 Å². The van der Waals surface area contributed by atoms with Gasteiger partial charge in [0.2, 0.25) is 0 Å². The minimum atomic E-state index is -2.29. The Morgan fingerprint density at radius 2 is 1.79 bits per heavy atom. The summed E-state index contributed by atoms with van der Waals surface area (Å²) < 4.78 is 40.7. The Balaban J connectivity index is 1.67. The number of Topliss-reactive ketones (excluding diaryl/α,β-unsaturated/α-hetero) is 1. The molecule has 2 atom stereocenters. The van der Waals surface area contributed by atoms with Gasteiger partial charge in [0.15, 0.2) is 11.9 Å². The molecule has 2 heterocycles. The SMILES string of the molecule is CCOc1ccc2c(c1)CCN(C(=O)N1CCOC(C(=O)O)C1)C2C(=O)Cc1cc(F)c([Si](C)(C)C)c(F)c1. The van der Waals surface area contributed by atoms with E-state index >= 15 is 0 Å². The van der Waals surface area contributed by atoms with Gasteiger partial charge in [0.05, 0.1) is 27.8 Å². The van der Waals surface area contributed by atoms with E-state index in [0.29, 0.717) is 24.3 Å². The molecular formula is C28H34F2N2O6Si. The molecule has 2 unspecified atom stereocenters. The van der Waals surface area contributed by atoms with Crippen molar-refractivity contribution in [2.75, 3.05) is 32.8 Å². The summed E-state index contributed by atoms with van der Waals surface area (Å²) in [5, 5.41) is 9.45. The Morgan fingerprint density at radius 3 is 2.41 bits per heavy atom. The average molecular weight is 561 g/mol. The Kier molecular flexibility index (Phi) is 8.41. The summed E-state index contributed by atoms with van der Waals surface area (Å²) in [5.74, 6) is -2.24. The number of carbonyl (C=O) groups is 3. The molecule has 0 aromatic heterocycles. The second-order valence-electron chi connectivity index (χ2n) is 10.9. The zero-order valence-electron chi connectivity index (χ0n) is 22.6. The van der Waals surface area contributed by atoms with E-state index in [1.165, 1.54) is 21.9 Å². The first-order valence-corrected chi connectivity index (χ1v) is 16.6. The van der Waals surface area contributed by atoms with Crippen LogP contribution < -0.4 is 9.92 Å². The predicted octanol–water partition coefficient (Wildman–Crippen LogP) is 3.53. The fraction of sp³-hybridized carbons (Fsp3) is 0.464. The minimum absolute atomic E-state index is 0.0610. The molecule has 1 N–H and O–H groups in total. The molecule has 39 heavy (non-hydrogen) atoms. The van der Waals surface area contributed by atoms with E-state index in [1.807, 2.05) is 32.6 Å². The third kappa shape index (κ3) is 6.14. The topological polar surface area (TPSA) is 96.4 Å². The lowest BCUT2D eigenvalue weighted by Crippen LogP contribution is -2.55. The van der Waals surface area contributed by atoms with Crippen molar-refractivity contribution in [1.29, 1.82) is 0 Å². The van der Waals surface area contributed by atoms with Crippen LogP contribution in [-0.2, 0) is 27.2 Å². The summed E-state index contributed by atoms with van der Waals surface area (Å²) in [6.07, 6.45) is -0.965. The number of nitrogens with zero attached hydrogens (tertiary/aromatic N) is 2. The van der Waals surface area contributed by atoms with Gasteiger partial charge in [-0.15, -0.1) is 0 Å². The Hall–Kier alpha value is -3.31. The number of carboxylic acids is 1. The number of halogens is 2. The van der Waals surface area contributed by atoms with E-state index < -0.39 is 49.6 Å². The minimum Gasteiger partial charge on any atom is -0.494 e. The zero-order chi connectivity index (χ0) is 28.5. The zero-order valence-corrected chi connectivity index (χ0v) is 23.6. The monoisotopic (exact) mass is 560 g/mol. The van der Waals surface area contributed by atoms with E-state index in [0.717, 1.165) is 5.56 Å². The van der Waals surface area contributed by atoms with Crippen LogP contribution in [0.2, 0.25) is 19.6 Å². The fourth-order valence-corrected chi connectivity index (χ4v) is 6.89. The van der Waals surface area contributed by atoms with E-state index in [2.05, 4.69) is 0 Å².